The predicted molar refractivity (Wildman–Crippen MR) is 136 cm³/mol. The second-order valence-electron chi connectivity index (χ2n) is 8.05. The monoisotopic (exact) mass is 546 g/mol. The van der Waals surface area contributed by atoms with Gasteiger partial charge < -0.3 is 14.4 Å². The molecular weight excluding hydrogens is 520 g/mol. The third-order valence-corrected chi connectivity index (χ3v) is 9.11. The van der Waals surface area contributed by atoms with Crippen LogP contribution < -0.4 is 4.90 Å². The molecule has 2 aromatic carbocycles. The van der Waals surface area contributed by atoms with E-state index in [-0.39, 0.29) is 31.6 Å². The largest absolute Gasteiger partial charge is 0.465 e. The highest BCUT2D eigenvalue weighted by molar-refractivity contribution is 7.91. The summed E-state index contributed by atoms with van der Waals surface area (Å²) in [4.78, 5) is 26.0. The van der Waals surface area contributed by atoms with Gasteiger partial charge >= 0.3 is 11.9 Å². The van der Waals surface area contributed by atoms with E-state index in [9.17, 15) is 26.4 Å². The molecular formula is C25H26N2O8S2. The van der Waals surface area contributed by atoms with Crippen LogP contribution in [0.2, 0.25) is 0 Å². The number of carbonyl (C=O) groups is 2. The van der Waals surface area contributed by atoms with Gasteiger partial charge in [0.05, 0.1) is 40.2 Å². The first-order valence-electron chi connectivity index (χ1n) is 10.8. The van der Waals surface area contributed by atoms with E-state index in [1.54, 1.807) is 19.1 Å². The highest BCUT2D eigenvalue weighted by Gasteiger charge is 2.33. The number of anilines is 1. The van der Waals surface area contributed by atoms with E-state index in [0.717, 1.165) is 41.1 Å². The number of aryl methyl sites for hydroxylation is 1. The van der Waals surface area contributed by atoms with Crippen molar-refractivity contribution >= 4 is 37.5 Å². The van der Waals surface area contributed by atoms with Gasteiger partial charge in [-0.05, 0) is 49.4 Å². The second-order valence-corrected chi connectivity index (χ2v) is 12.1. The number of ether oxygens (including phenoxy) is 2. The molecule has 0 saturated carbocycles. The zero-order chi connectivity index (χ0) is 27.5. The van der Waals surface area contributed by atoms with Crippen LogP contribution >= 0.6 is 0 Å². The average Bonchev–Trinajstić information content (AvgIpc) is 3.10. The van der Waals surface area contributed by atoms with E-state index in [1.807, 2.05) is 0 Å². The minimum Gasteiger partial charge on any atom is -0.465 e. The van der Waals surface area contributed by atoms with Crippen molar-refractivity contribution in [2.75, 3.05) is 33.2 Å². The Kier molecular flexibility index (Phi) is 8.06. The Bertz CT molecular complexity index is 1540. The molecule has 3 rings (SSSR count). The van der Waals surface area contributed by atoms with Crippen molar-refractivity contribution in [1.29, 1.82) is 0 Å². The fraction of sp³-hybridized carbons (Fsp3) is 0.200. The van der Waals surface area contributed by atoms with Gasteiger partial charge in [-0.15, -0.1) is 0 Å². The average molecular weight is 547 g/mol. The third kappa shape index (κ3) is 5.36. The first kappa shape index (κ1) is 27.8. The summed E-state index contributed by atoms with van der Waals surface area (Å²) >= 11 is 0. The lowest BCUT2D eigenvalue weighted by Gasteiger charge is -2.26. The van der Waals surface area contributed by atoms with Crippen molar-refractivity contribution in [2.24, 2.45) is 0 Å². The first-order chi connectivity index (χ1) is 17.4. The van der Waals surface area contributed by atoms with Gasteiger partial charge in [-0.2, -0.15) is 0 Å². The number of esters is 2. The zero-order valence-corrected chi connectivity index (χ0v) is 22.5. The van der Waals surface area contributed by atoms with Crippen molar-refractivity contribution in [2.45, 2.75) is 21.6 Å². The third-order valence-electron chi connectivity index (χ3n) is 5.48. The van der Waals surface area contributed by atoms with Gasteiger partial charge in [0.15, 0.2) is 0 Å². The Morgan fingerprint density at radius 3 is 2.00 bits per heavy atom. The molecule has 1 aliphatic rings. The first-order valence-corrected chi connectivity index (χ1v) is 13.7. The number of carbonyl (C=O) groups excluding carboxylic acids is 2. The van der Waals surface area contributed by atoms with Crippen molar-refractivity contribution in [3.8, 4) is 0 Å². The van der Waals surface area contributed by atoms with Gasteiger partial charge in [0.2, 0.25) is 19.9 Å². The number of sulfone groups is 1. The molecule has 1 aliphatic heterocycles. The van der Waals surface area contributed by atoms with E-state index in [4.69, 9.17) is 9.47 Å². The Morgan fingerprint density at radius 1 is 0.838 bits per heavy atom. The lowest BCUT2D eigenvalue weighted by atomic mass is 10.1. The molecule has 0 unspecified atom stereocenters. The van der Waals surface area contributed by atoms with E-state index < -0.39 is 31.8 Å². The predicted octanol–water partition coefficient (Wildman–Crippen LogP) is 2.57. The normalized spacial score (nSPS) is 14.1. The lowest BCUT2D eigenvalue weighted by molar-refractivity contribution is -0.139. The standard InChI is InChI=1S/C25H26N2O8S2/c1-17-9-11-18(12-10-17)36(30,31)22-14-13-19(37(32,33)26(2)3)16-21(22)27-15-7-6-8-20(24(28)34-4)23(27)25(29)35-5/h6-16H,1-5H3. The minimum absolute atomic E-state index is 0.0451. The molecule has 0 amide bonds. The van der Waals surface area contributed by atoms with Crippen molar-refractivity contribution in [3.05, 3.63) is 83.7 Å². The zero-order valence-electron chi connectivity index (χ0n) is 20.8. The molecule has 0 aromatic heterocycles. The molecule has 0 atom stereocenters. The van der Waals surface area contributed by atoms with Crippen LogP contribution in [0.3, 0.4) is 0 Å². The number of rotatable bonds is 7. The van der Waals surface area contributed by atoms with Gasteiger partial charge in [0, 0.05) is 20.3 Å². The number of nitrogens with zero attached hydrogens (tertiary/aromatic N) is 2. The van der Waals surface area contributed by atoms with Gasteiger partial charge in [-0.25, -0.2) is 30.7 Å². The number of methoxy groups -OCH3 is 2. The van der Waals surface area contributed by atoms with Crippen LogP contribution in [0.5, 0.6) is 0 Å². The number of hydrogen-bond donors (Lipinski definition) is 0. The molecule has 0 N–H and O–H groups in total. The Labute approximate surface area is 216 Å². The van der Waals surface area contributed by atoms with Gasteiger partial charge in [-0.1, -0.05) is 23.8 Å². The van der Waals surface area contributed by atoms with Crippen LogP contribution in [0, 0.1) is 6.92 Å². The molecule has 196 valence electrons. The topological polar surface area (TPSA) is 127 Å². The van der Waals surface area contributed by atoms with E-state index in [0.29, 0.717) is 0 Å². The molecule has 0 bridgehead atoms. The molecule has 37 heavy (non-hydrogen) atoms. The molecule has 1 heterocycles. The SMILES string of the molecule is COC(=O)C1=C(C(=O)OC)N(c2cc(S(=O)(=O)N(C)C)ccc2S(=O)(=O)c2ccc(C)cc2)C=CC=C1. The summed E-state index contributed by atoms with van der Waals surface area (Å²) in [7, 11) is -3.36. The maximum Gasteiger partial charge on any atom is 0.355 e. The number of benzene rings is 2. The fourth-order valence-corrected chi connectivity index (χ4v) is 5.83. The van der Waals surface area contributed by atoms with Gasteiger partial charge in [-0.3, -0.25) is 0 Å². The fourth-order valence-electron chi connectivity index (χ4n) is 3.48. The number of allylic oxidation sites excluding steroid dienone is 2. The maximum atomic E-state index is 13.8. The Hall–Kier alpha value is -3.74. The van der Waals surface area contributed by atoms with Crippen molar-refractivity contribution in [3.63, 3.8) is 0 Å². The van der Waals surface area contributed by atoms with E-state index in [1.165, 1.54) is 56.7 Å². The molecule has 0 radical (unpaired) electrons. The number of hydrogen-bond acceptors (Lipinski definition) is 9. The highest BCUT2D eigenvalue weighted by Crippen LogP contribution is 2.37. The summed E-state index contributed by atoms with van der Waals surface area (Å²) < 4.78 is 64.1. The highest BCUT2D eigenvalue weighted by atomic mass is 32.2. The van der Waals surface area contributed by atoms with Crippen LogP contribution in [0.25, 0.3) is 0 Å². The molecule has 0 saturated heterocycles. The molecule has 0 aliphatic carbocycles. The molecule has 0 fully saturated rings. The van der Waals surface area contributed by atoms with Crippen LogP contribution in [0.1, 0.15) is 5.56 Å². The quantitative estimate of drug-likeness (QED) is 0.482. The lowest BCUT2D eigenvalue weighted by Crippen LogP contribution is -2.29. The summed E-state index contributed by atoms with van der Waals surface area (Å²) in [6.07, 6.45) is 5.54. The van der Waals surface area contributed by atoms with Crippen LogP contribution in [-0.4, -0.2) is 61.4 Å². The van der Waals surface area contributed by atoms with Crippen LogP contribution in [0.15, 0.2) is 92.8 Å². The maximum absolute atomic E-state index is 13.8. The summed E-state index contributed by atoms with van der Waals surface area (Å²) in [5, 5.41) is 0. The molecule has 10 nitrogen and oxygen atoms in total. The van der Waals surface area contributed by atoms with Crippen LogP contribution in [0.4, 0.5) is 5.69 Å². The summed E-state index contributed by atoms with van der Waals surface area (Å²) in [5.41, 5.74) is 0.0648. The molecule has 0 spiro atoms. The molecule has 12 heteroatoms. The summed E-state index contributed by atoms with van der Waals surface area (Å²) in [6, 6.07) is 9.56. The van der Waals surface area contributed by atoms with Crippen LogP contribution in [-0.2, 0) is 38.9 Å². The second kappa shape index (κ2) is 10.7. The van der Waals surface area contributed by atoms with Gasteiger partial charge in [0.1, 0.15) is 5.70 Å². The Balaban J connectivity index is 2.44. The number of sulfonamides is 1. The smallest absolute Gasteiger partial charge is 0.355 e. The van der Waals surface area contributed by atoms with E-state index in [2.05, 4.69) is 0 Å². The van der Waals surface area contributed by atoms with E-state index >= 15 is 0 Å². The molecule has 2 aromatic rings. The van der Waals surface area contributed by atoms with Gasteiger partial charge in [0.25, 0.3) is 0 Å². The van der Waals surface area contributed by atoms with Crippen molar-refractivity contribution < 1.29 is 35.9 Å². The Morgan fingerprint density at radius 2 is 1.43 bits per heavy atom. The minimum atomic E-state index is -4.22. The summed E-state index contributed by atoms with van der Waals surface area (Å²) in [6.45, 7) is 1.81. The summed E-state index contributed by atoms with van der Waals surface area (Å²) in [5.74, 6) is -1.86. The van der Waals surface area contributed by atoms with Crippen molar-refractivity contribution in [1.82, 2.24) is 4.31 Å².